The molecule has 128 valence electrons. The maximum absolute atomic E-state index is 12.0. The van der Waals surface area contributed by atoms with Crippen molar-refractivity contribution in [2.75, 3.05) is 13.7 Å². The summed E-state index contributed by atoms with van der Waals surface area (Å²) in [6, 6.07) is 17.5. The lowest BCUT2D eigenvalue weighted by Crippen LogP contribution is -2.39. The molecule has 0 aromatic heterocycles. The van der Waals surface area contributed by atoms with Gasteiger partial charge in [-0.3, -0.25) is 4.79 Å². The molecule has 0 saturated carbocycles. The normalized spacial score (nSPS) is 11.8. The van der Waals surface area contributed by atoms with Crippen LogP contribution >= 0.6 is 0 Å². The average molecular weight is 327 g/mol. The summed E-state index contributed by atoms with van der Waals surface area (Å²) in [5.74, 6) is 0.621. The first-order valence-corrected chi connectivity index (χ1v) is 8.29. The summed E-state index contributed by atoms with van der Waals surface area (Å²) in [6.45, 7) is 3.40. The van der Waals surface area contributed by atoms with Gasteiger partial charge >= 0.3 is 5.97 Å². The highest BCUT2D eigenvalue weighted by atomic mass is 16.5. The van der Waals surface area contributed by atoms with Gasteiger partial charge in [0, 0.05) is 6.54 Å². The summed E-state index contributed by atoms with van der Waals surface area (Å²) in [5, 5.41) is 3.28. The molecule has 4 nitrogen and oxygen atoms in total. The van der Waals surface area contributed by atoms with Crippen molar-refractivity contribution in [1.29, 1.82) is 0 Å². The number of carbonyl (C=O) groups is 1. The minimum atomic E-state index is -0.367. The lowest BCUT2D eigenvalue weighted by molar-refractivity contribution is -0.143. The predicted molar refractivity (Wildman–Crippen MR) is 95.0 cm³/mol. The first-order valence-electron chi connectivity index (χ1n) is 8.29. The molecule has 0 aliphatic heterocycles. The Labute approximate surface area is 143 Å². The van der Waals surface area contributed by atoms with Gasteiger partial charge in [-0.2, -0.15) is 0 Å². The van der Waals surface area contributed by atoms with Crippen molar-refractivity contribution in [3.05, 3.63) is 65.7 Å². The quantitative estimate of drug-likeness (QED) is 0.718. The van der Waals surface area contributed by atoms with Crippen LogP contribution in [0.3, 0.4) is 0 Å². The second kappa shape index (κ2) is 9.73. The SMILES string of the molecule is CCCOc1ccc(CN[C@@H](Cc2ccccc2)C(=O)OC)cc1. The molecule has 24 heavy (non-hydrogen) atoms. The molecule has 0 saturated heterocycles. The molecule has 1 N–H and O–H groups in total. The number of nitrogens with one attached hydrogen (secondary N) is 1. The van der Waals surface area contributed by atoms with Crippen LogP contribution in [0.1, 0.15) is 24.5 Å². The molecular weight excluding hydrogens is 302 g/mol. The van der Waals surface area contributed by atoms with Crippen LogP contribution in [0.2, 0.25) is 0 Å². The summed E-state index contributed by atoms with van der Waals surface area (Å²) in [4.78, 5) is 12.0. The summed E-state index contributed by atoms with van der Waals surface area (Å²) in [6.07, 6.45) is 1.59. The van der Waals surface area contributed by atoms with E-state index in [1.54, 1.807) is 0 Å². The van der Waals surface area contributed by atoms with E-state index in [2.05, 4.69) is 12.2 Å². The molecule has 1 atom stereocenters. The smallest absolute Gasteiger partial charge is 0.323 e. The molecular formula is C20H25NO3. The molecule has 0 heterocycles. The maximum atomic E-state index is 12.0. The molecule has 4 heteroatoms. The average Bonchev–Trinajstić information content (AvgIpc) is 2.64. The van der Waals surface area contributed by atoms with Gasteiger partial charge in [0.1, 0.15) is 11.8 Å². The highest BCUT2D eigenvalue weighted by Crippen LogP contribution is 2.13. The molecule has 2 aromatic carbocycles. The highest BCUT2D eigenvalue weighted by Gasteiger charge is 2.18. The molecule has 0 amide bonds. The largest absolute Gasteiger partial charge is 0.494 e. The van der Waals surface area contributed by atoms with E-state index < -0.39 is 0 Å². The molecule has 0 radical (unpaired) electrons. The van der Waals surface area contributed by atoms with Crippen LogP contribution in [-0.4, -0.2) is 25.7 Å². The van der Waals surface area contributed by atoms with Gasteiger partial charge in [0.2, 0.25) is 0 Å². The Kier molecular flexibility index (Phi) is 7.30. The minimum Gasteiger partial charge on any atom is -0.494 e. The monoisotopic (exact) mass is 327 g/mol. The summed E-state index contributed by atoms with van der Waals surface area (Å²) >= 11 is 0. The Hall–Kier alpha value is -2.33. The molecule has 2 aromatic rings. The van der Waals surface area contributed by atoms with E-state index in [1.807, 2.05) is 54.6 Å². The molecule has 0 spiro atoms. The first kappa shape index (κ1) is 18.0. The van der Waals surface area contributed by atoms with Crippen molar-refractivity contribution in [3.63, 3.8) is 0 Å². The van der Waals surface area contributed by atoms with Gasteiger partial charge in [-0.25, -0.2) is 0 Å². The zero-order valence-electron chi connectivity index (χ0n) is 14.3. The Bertz CT molecular complexity index is 611. The van der Waals surface area contributed by atoms with Gasteiger partial charge in [-0.05, 0) is 36.1 Å². The summed E-state index contributed by atoms with van der Waals surface area (Å²) < 4.78 is 10.5. The fraction of sp³-hybridized carbons (Fsp3) is 0.350. The van der Waals surface area contributed by atoms with Crippen LogP contribution in [0.15, 0.2) is 54.6 Å². The standard InChI is InChI=1S/C20H25NO3/c1-3-13-24-18-11-9-17(10-12-18)15-21-19(20(22)23-2)14-16-7-5-4-6-8-16/h4-12,19,21H,3,13-15H2,1-2H3/t19-/m0/s1. The first-order chi connectivity index (χ1) is 11.7. The Morgan fingerprint density at radius 3 is 2.38 bits per heavy atom. The Morgan fingerprint density at radius 2 is 1.75 bits per heavy atom. The fourth-order valence-electron chi connectivity index (χ4n) is 2.40. The van der Waals surface area contributed by atoms with E-state index >= 15 is 0 Å². The fourth-order valence-corrected chi connectivity index (χ4v) is 2.40. The number of rotatable bonds is 9. The third kappa shape index (κ3) is 5.70. The predicted octanol–water partition coefficient (Wildman–Crippen LogP) is 3.35. The van der Waals surface area contributed by atoms with Gasteiger partial charge in [0.05, 0.1) is 13.7 Å². The lowest BCUT2D eigenvalue weighted by Gasteiger charge is -2.17. The minimum absolute atomic E-state index is 0.248. The number of methoxy groups -OCH3 is 1. The van der Waals surface area contributed by atoms with E-state index in [4.69, 9.17) is 9.47 Å². The van der Waals surface area contributed by atoms with Crippen molar-refractivity contribution in [3.8, 4) is 5.75 Å². The molecule has 0 fully saturated rings. The molecule has 0 unspecified atom stereocenters. The number of hydrogen-bond donors (Lipinski definition) is 1. The van der Waals surface area contributed by atoms with Gasteiger partial charge in [0.25, 0.3) is 0 Å². The number of hydrogen-bond acceptors (Lipinski definition) is 4. The number of carbonyl (C=O) groups excluding carboxylic acids is 1. The van der Waals surface area contributed by atoms with E-state index in [1.165, 1.54) is 7.11 Å². The van der Waals surface area contributed by atoms with E-state index in [-0.39, 0.29) is 12.0 Å². The van der Waals surface area contributed by atoms with E-state index in [0.29, 0.717) is 13.0 Å². The van der Waals surface area contributed by atoms with Crippen molar-refractivity contribution in [2.45, 2.75) is 32.4 Å². The van der Waals surface area contributed by atoms with Crippen LogP contribution in [0, 0.1) is 0 Å². The van der Waals surface area contributed by atoms with Gasteiger partial charge in [0.15, 0.2) is 0 Å². The number of esters is 1. The highest BCUT2D eigenvalue weighted by molar-refractivity contribution is 5.76. The van der Waals surface area contributed by atoms with Crippen molar-refractivity contribution < 1.29 is 14.3 Å². The molecule has 0 aliphatic rings. The molecule has 2 rings (SSSR count). The van der Waals surface area contributed by atoms with Crippen molar-refractivity contribution in [1.82, 2.24) is 5.32 Å². The van der Waals surface area contributed by atoms with Gasteiger partial charge in [-0.15, -0.1) is 0 Å². The third-order valence-corrected chi connectivity index (χ3v) is 3.72. The topological polar surface area (TPSA) is 47.6 Å². The van der Waals surface area contributed by atoms with Crippen LogP contribution in [0.4, 0.5) is 0 Å². The van der Waals surface area contributed by atoms with Crippen molar-refractivity contribution >= 4 is 5.97 Å². The third-order valence-electron chi connectivity index (χ3n) is 3.72. The van der Waals surface area contributed by atoms with Crippen LogP contribution in [0.25, 0.3) is 0 Å². The second-order valence-corrected chi connectivity index (χ2v) is 5.64. The Balaban J connectivity index is 1.93. The van der Waals surface area contributed by atoms with Crippen LogP contribution in [-0.2, 0) is 22.5 Å². The van der Waals surface area contributed by atoms with Gasteiger partial charge < -0.3 is 14.8 Å². The van der Waals surface area contributed by atoms with Crippen molar-refractivity contribution in [2.24, 2.45) is 0 Å². The Morgan fingerprint density at radius 1 is 1.04 bits per heavy atom. The van der Waals surface area contributed by atoms with Crippen LogP contribution in [0.5, 0.6) is 5.75 Å². The summed E-state index contributed by atoms with van der Waals surface area (Å²) in [7, 11) is 1.42. The molecule has 0 aliphatic carbocycles. The zero-order chi connectivity index (χ0) is 17.2. The zero-order valence-corrected chi connectivity index (χ0v) is 14.3. The van der Waals surface area contributed by atoms with Crippen LogP contribution < -0.4 is 10.1 Å². The van der Waals surface area contributed by atoms with Gasteiger partial charge in [-0.1, -0.05) is 49.4 Å². The van der Waals surface area contributed by atoms with E-state index in [9.17, 15) is 4.79 Å². The number of ether oxygens (including phenoxy) is 2. The molecule has 0 bridgehead atoms. The number of benzene rings is 2. The summed E-state index contributed by atoms with van der Waals surface area (Å²) in [5.41, 5.74) is 2.20. The van der Waals surface area contributed by atoms with E-state index in [0.717, 1.165) is 29.9 Å². The lowest BCUT2D eigenvalue weighted by atomic mass is 10.1. The maximum Gasteiger partial charge on any atom is 0.323 e. The second-order valence-electron chi connectivity index (χ2n) is 5.64.